The minimum absolute atomic E-state index is 0.123. The fourth-order valence-corrected chi connectivity index (χ4v) is 3.73. The highest BCUT2D eigenvalue weighted by atomic mass is 35.5. The average Bonchev–Trinajstić information content (AvgIpc) is 2.57. The lowest BCUT2D eigenvalue weighted by atomic mass is 10.2. The number of hydrogen-bond acceptors (Lipinski definition) is 5. The van der Waals surface area contributed by atoms with E-state index in [-0.39, 0.29) is 4.90 Å². The Hall–Kier alpha value is -1.96. The summed E-state index contributed by atoms with van der Waals surface area (Å²) < 4.78 is 43.5. The number of sulfonamides is 1. The maximum absolute atomic E-state index is 12.6. The number of nitrogens with one attached hydrogen (secondary N) is 1. The molecular weight excluding hydrogens is 366 g/mol. The molecule has 0 spiro atoms. The van der Waals surface area contributed by atoms with Crippen LogP contribution in [0.25, 0.3) is 0 Å². The molecule has 0 saturated heterocycles. The minimum Gasteiger partial charge on any atom is -0.493 e. The first-order valence-electron chi connectivity index (χ1n) is 7.46. The van der Waals surface area contributed by atoms with Crippen molar-refractivity contribution in [1.82, 2.24) is 0 Å². The van der Waals surface area contributed by atoms with Crippen LogP contribution < -0.4 is 14.2 Å². The molecule has 136 valence electrons. The van der Waals surface area contributed by atoms with E-state index in [0.717, 1.165) is 0 Å². The summed E-state index contributed by atoms with van der Waals surface area (Å²) in [6.07, 6.45) is 0. The first-order valence-corrected chi connectivity index (χ1v) is 9.33. The van der Waals surface area contributed by atoms with Crippen molar-refractivity contribution in [3.8, 4) is 11.5 Å². The van der Waals surface area contributed by atoms with Crippen LogP contribution in [0.5, 0.6) is 11.5 Å². The van der Waals surface area contributed by atoms with Crippen LogP contribution in [0.2, 0.25) is 5.02 Å². The Morgan fingerprint density at radius 3 is 2.52 bits per heavy atom. The lowest BCUT2D eigenvalue weighted by Crippen LogP contribution is -2.14. The van der Waals surface area contributed by atoms with Crippen molar-refractivity contribution in [3.05, 3.63) is 47.0 Å². The SMILES string of the molecule is COCCOc1cc(NS(=O)(=O)c2cccc(Cl)c2C)ccc1OC. The van der Waals surface area contributed by atoms with Gasteiger partial charge >= 0.3 is 0 Å². The molecule has 0 fully saturated rings. The zero-order valence-electron chi connectivity index (χ0n) is 14.2. The predicted octanol–water partition coefficient (Wildman–Crippen LogP) is 3.48. The maximum Gasteiger partial charge on any atom is 0.262 e. The van der Waals surface area contributed by atoms with Crippen molar-refractivity contribution in [1.29, 1.82) is 0 Å². The number of anilines is 1. The molecule has 0 atom stereocenters. The van der Waals surface area contributed by atoms with E-state index < -0.39 is 10.0 Å². The van der Waals surface area contributed by atoms with E-state index in [1.807, 2.05) is 0 Å². The van der Waals surface area contributed by atoms with Crippen LogP contribution in [0.1, 0.15) is 5.56 Å². The first kappa shape index (κ1) is 19.4. The second-order valence-electron chi connectivity index (χ2n) is 5.18. The third-order valence-corrected chi connectivity index (χ3v) is 5.40. The van der Waals surface area contributed by atoms with Gasteiger partial charge in [-0.3, -0.25) is 4.72 Å². The third-order valence-electron chi connectivity index (χ3n) is 3.47. The number of methoxy groups -OCH3 is 2. The molecule has 25 heavy (non-hydrogen) atoms. The highest BCUT2D eigenvalue weighted by molar-refractivity contribution is 7.92. The van der Waals surface area contributed by atoms with Crippen molar-refractivity contribution in [2.24, 2.45) is 0 Å². The zero-order valence-corrected chi connectivity index (χ0v) is 15.8. The van der Waals surface area contributed by atoms with Crippen LogP contribution in [-0.2, 0) is 14.8 Å². The summed E-state index contributed by atoms with van der Waals surface area (Å²) in [5, 5.41) is 0.390. The molecule has 0 bridgehead atoms. The van der Waals surface area contributed by atoms with Crippen LogP contribution in [0, 0.1) is 6.92 Å². The maximum atomic E-state index is 12.6. The Kier molecular flexibility index (Phi) is 6.52. The highest BCUT2D eigenvalue weighted by Crippen LogP contribution is 2.32. The molecule has 2 aromatic carbocycles. The van der Waals surface area contributed by atoms with Crippen molar-refractivity contribution in [3.63, 3.8) is 0 Å². The topological polar surface area (TPSA) is 73.9 Å². The molecule has 0 aliphatic heterocycles. The fraction of sp³-hybridized carbons (Fsp3) is 0.294. The molecule has 0 radical (unpaired) electrons. The molecule has 2 rings (SSSR count). The summed E-state index contributed by atoms with van der Waals surface area (Å²) in [6.45, 7) is 2.38. The standard InChI is InChI=1S/C17H20ClNO5S/c1-12-14(18)5-4-6-17(12)25(20,21)19-13-7-8-15(23-3)16(11-13)24-10-9-22-2/h4-8,11,19H,9-10H2,1-3H3. The van der Waals surface area contributed by atoms with Crippen molar-refractivity contribution in [2.45, 2.75) is 11.8 Å². The summed E-state index contributed by atoms with van der Waals surface area (Å²) >= 11 is 6.02. The van der Waals surface area contributed by atoms with Crippen LogP contribution in [0.4, 0.5) is 5.69 Å². The van der Waals surface area contributed by atoms with E-state index >= 15 is 0 Å². The van der Waals surface area contributed by atoms with Gasteiger partial charge < -0.3 is 14.2 Å². The second-order valence-corrected chi connectivity index (χ2v) is 7.23. The zero-order chi connectivity index (χ0) is 18.4. The molecule has 2 aromatic rings. The quantitative estimate of drug-likeness (QED) is 0.704. The van der Waals surface area contributed by atoms with Gasteiger partial charge in [0.1, 0.15) is 6.61 Å². The van der Waals surface area contributed by atoms with Crippen molar-refractivity contribution < 1.29 is 22.6 Å². The molecule has 0 aliphatic carbocycles. The van der Waals surface area contributed by atoms with E-state index in [9.17, 15) is 8.42 Å². The number of halogens is 1. The average molecular weight is 386 g/mol. The van der Waals surface area contributed by atoms with E-state index in [2.05, 4.69) is 4.72 Å². The van der Waals surface area contributed by atoms with Gasteiger partial charge in [0.05, 0.1) is 24.3 Å². The van der Waals surface area contributed by atoms with Gasteiger partial charge in [-0.15, -0.1) is 0 Å². The van der Waals surface area contributed by atoms with Gasteiger partial charge in [-0.05, 0) is 36.8 Å². The number of hydrogen-bond donors (Lipinski definition) is 1. The normalized spacial score (nSPS) is 11.2. The van der Waals surface area contributed by atoms with Crippen molar-refractivity contribution in [2.75, 3.05) is 32.2 Å². The van der Waals surface area contributed by atoms with E-state index in [0.29, 0.717) is 41.0 Å². The Morgan fingerprint density at radius 2 is 1.84 bits per heavy atom. The molecule has 6 nitrogen and oxygen atoms in total. The summed E-state index contributed by atoms with van der Waals surface area (Å²) in [4.78, 5) is 0.123. The molecule has 1 N–H and O–H groups in total. The van der Waals surface area contributed by atoms with E-state index in [1.54, 1.807) is 44.4 Å². The van der Waals surface area contributed by atoms with Crippen molar-refractivity contribution >= 4 is 27.3 Å². The van der Waals surface area contributed by atoms with Gasteiger partial charge in [0, 0.05) is 18.2 Å². The minimum atomic E-state index is -3.78. The van der Waals surface area contributed by atoms with Gasteiger partial charge in [0.15, 0.2) is 11.5 Å². The fourth-order valence-electron chi connectivity index (χ4n) is 2.18. The summed E-state index contributed by atoms with van der Waals surface area (Å²) in [5.74, 6) is 0.917. The molecule has 0 aliphatic rings. The first-order chi connectivity index (χ1) is 11.9. The van der Waals surface area contributed by atoms with Crippen LogP contribution in [-0.4, -0.2) is 35.9 Å². The molecule has 0 saturated carbocycles. The van der Waals surface area contributed by atoms with Crippen LogP contribution >= 0.6 is 11.6 Å². The summed E-state index contributed by atoms with van der Waals surface area (Å²) in [7, 11) is -0.704. The smallest absolute Gasteiger partial charge is 0.262 e. The summed E-state index contributed by atoms with van der Waals surface area (Å²) in [6, 6.07) is 9.53. The highest BCUT2D eigenvalue weighted by Gasteiger charge is 2.19. The number of ether oxygens (including phenoxy) is 3. The predicted molar refractivity (Wildman–Crippen MR) is 97.4 cm³/mol. The second kappa shape index (κ2) is 8.42. The Balaban J connectivity index is 2.29. The van der Waals surface area contributed by atoms with Crippen LogP contribution in [0.15, 0.2) is 41.3 Å². The van der Waals surface area contributed by atoms with Gasteiger partial charge in [0.25, 0.3) is 10.0 Å². The largest absolute Gasteiger partial charge is 0.493 e. The van der Waals surface area contributed by atoms with Gasteiger partial charge in [-0.2, -0.15) is 0 Å². The molecule has 0 unspecified atom stereocenters. The van der Waals surface area contributed by atoms with Gasteiger partial charge in [-0.1, -0.05) is 17.7 Å². The monoisotopic (exact) mass is 385 g/mol. The van der Waals surface area contributed by atoms with E-state index in [1.165, 1.54) is 13.2 Å². The Labute approximate surface area is 152 Å². The molecule has 0 amide bonds. The lowest BCUT2D eigenvalue weighted by Gasteiger charge is -2.14. The molecule has 8 heteroatoms. The van der Waals surface area contributed by atoms with E-state index in [4.69, 9.17) is 25.8 Å². The van der Waals surface area contributed by atoms with Crippen LogP contribution in [0.3, 0.4) is 0 Å². The Bertz CT molecular complexity index is 839. The lowest BCUT2D eigenvalue weighted by molar-refractivity contribution is 0.144. The Morgan fingerprint density at radius 1 is 1.08 bits per heavy atom. The molecular formula is C17H20ClNO5S. The van der Waals surface area contributed by atoms with Gasteiger partial charge in [-0.25, -0.2) is 8.42 Å². The van der Waals surface area contributed by atoms with Gasteiger partial charge in [0.2, 0.25) is 0 Å². The number of benzene rings is 2. The molecule has 0 heterocycles. The molecule has 0 aromatic heterocycles. The third kappa shape index (κ3) is 4.78. The summed E-state index contributed by atoms with van der Waals surface area (Å²) in [5.41, 5.74) is 0.842. The number of rotatable bonds is 8.